The lowest BCUT2D eigenvalue weighted by molar-refractivity contribution is -0.122. The van der Waals surface area contributed by atoms with Gasteiger partial charge in [0.05, 0.1) is 17.2 Å². The van der Waals surface area contributed by atoms with E-state index in [-0.39, 0.29) is 23.1 Å². The highest BCUT2D eigenvalue weighted by Gasteiger charge is 2.18. The Kier molecular flexibility index (Phi) is 7.04. The minimum Gasteiger partial charge on any atom is -0.481 e. The van der Waals surface area contributed by atoms with Crippen LogP contribution >= 0.6 is 11.6 Å². The third kappa shape index (κ3) is 4.99. The fourth-order valence-electron chi connectivity index (χ4n) is 2.37. The van der Waals surface area contributed by atoms with Crippen LogP contribution in [0.2, 0.25) is 5.02 Å². The van der Waals surface area contributed by atoms with Gasteiger partial charge >= 0.3 is 5.97 Å². The molecule has 0 aromatic heterocycles. The molecule has 2 rings (SSSR count). The molecule has 26 heavy (non-hydrogen) atoms. The third-order valence-corrected chi connectivity index (χ3v) is 4.09. The van der Waals surface area contributed by atoms with E-state index in [4.69, 9.17) is 21.1 Å². The minimum absolute atomic E-state index is 0.205. The number of esters is 1. The highest BCUT2D eigenvalue weighted by molar-refractivity contribution is 6.33. The molecule has 0 bridgehead atoms. The highest BCUT2D eigenvalue weighted by atomic mass is 35.5. The number of nitrogens with one attached hydrogen (secondary N) is 1. The molecule has 0 aliphatic carbocycles. The lowest BCUT2D eigenvalue weighted by Gasteiger charge is -2.17. The molecule has 0 heterocycles. The number of hydrogen-bond donors (Lipinski definition) is 1. The Hall–Kier alpha value is -2.53. The zero-order valence-electron chi connectivity index (χ0n) is 15.0. The van der Waals surface area contributed by atoms with Crippen molar-refractivity contribution in [2.75, 3.05) is 11.9 Å². The molecule has 1 unspecified atom stereocenters. The molecular formula is C20H22ClNO4. The Morgan fingerprint density at radius 3 is 2.58 bits per heavy atom. The van der Waals surface area contributed by atoms with E-state index in [0.29, 0.717) is 11.4 Å². The van der Waals surface area contributed by atoms with Crippen LogP contribution in [0.15, 0.2) is 42.5 Å². The second-order valence-corrected chi connectivity index (χ2v) is 6.03. The van der Waals surface area contributed by atoms with Gasteiger partial charge < -0.3 is 14.8 Å². The first-order valence-corrected chi connectivity index (χ1v) is 8.86. The molecule has 138 valence electrons. The average molecular weight is 376 g/mol. The molecule has 1 atom stereocenters. The number of aryl methyl sites for hydroxylation is 1. The van der Waals surface area contributed by atoms with Gasteiger partial charge in [0.25, 0.3) is 5.91 Å². The SMILES string of the molecule is CCOC(=O)c1cc(NC(=O)C(C)Oc2ccccc2CC)ccc1Cl. The zero-order valence-corrected chi connectivity index (χ0v) is 15.8. The van der Waals surface area contributed by atoms with Gasteiger partial charge in [0.15, 0.2) is 6.10 Å². The van der Waals surface area contributed by atoms with Crippen molar-refractivity contribution in [3.63, 3.8) is 0 Å². The van der Waals surface area contributed by atoms with Crippen molar-refractivity contribution in [3.05, 3.63) is 58.6 Å². The number of rotatable bonds is 7. The van der Waals surface area contributed by atoms with Crippen LogP contribution in [-0.4, -0.2) is 24.6 Å². The van der Waals surface area contributed by atoms with E-state index < -0.39 is 12.1 Å². The molecule has 2 aromatic rings. The second-order valence-electron chi connectivity index (χ2n) is 5.63. The van der Waals surface area contributed by atoms with Gasteiger partial charge in [0, 0.05) is 5.69 Å². The van der Waals surface area contributed by atoms with Crippen molar-refractivity contribution in [2.24, 2.45) is 0 Å². The van der Waals surface area contributed by atoms with E-state index in [0.717, 1.165) is 12.0 Å². The van der Waals surface area contributed by atoms with E-state index in [2.05, 4.69) is 5.32 Å². The molecule has 0 spiro atoms. The van der Waals surface area contributed by atoms with E-state index in [1.54, 1.807) is 26.0 Å². The lowest BCUT2D eigenvalue weighted by atomic mass is 10.1. The van der Waals surface area contributed by atoms with Crippen LogP contribution in [-0.2, 0) is 16.0 Å². The summed E-state index contributed by atoms with van der Waals surface area (Å²) in [7, 11) is 0. The van der Waals surface area contributed by atoms with Crippen LogP contribution in [0.4, 0.5) is 5.69 Å². The van der Waals surface area contributed by atoms with E-state index in [1.165, 1.54) is 6.07 Å². The summed E-state index contributed by atoms with van der Waals surface area (Å²) in [5, 5.41) is 3.00. The summed E-state index contributed by atoms with van der Waals surface area (Å²) in [6.45, 7) is 5.65. The Balaban J connectivity index is 2.09. The van der Waals surface area contributed by atoms with Crippen LogP contribution in [0.5, 0.6) is 5.75 Å². The predicted molar refractivity (Wildman–Crippen MR) is 102 cm³/mol. The van der Waals surface area contributed by atoms with Gasteiger partial charge in [0.2, 0.25) is 0 Å². The number of carbonyl (C=O) groups excluding carboxylic acids is 2. The first-order chi connectivity index (χ1) is 12.5. The summed E-state index contributed by atoms with van der Waals surface area (Å²) in [4.78, 5) is 24.3. The number of benzene rings is 2. The number of para-hydroxylation sites is 1. The largest absolute Gasteiger partial charge is 0.481 e. The fraction of sp³-hybridized carbons (Fsp3) is 0.300. The molecule has 0 radical (unpaired) electrons. The molecule has 1 amide bonds. The molecular weight excluding hydrogens is 354 g/mol. The van der Waals surface area contributed by atoms with Gasteiger partial charge in [-0.25, -0.2) is 4.79 Å². The average Bonchev–Trinajstić information content (AvgIpc) is 2.63. The zero-order chi connectivity index (χ0) is 19.1. The van der Waals surface area contributed by atoms with Gasteiger partial charge in [0.1, 0.15) is 5.75 Å². The van der Waals surface area contributed by atoms with Crippen molar-refractivity contribution >= 4 is 29.2 Å². The van der Waals surface area contributed by atoms with E-state index in [1.807, 2.05) is 31.2 Å². The normalized spacial score (nSPS) is 11.5. The summed E-state index contributed by atoms with van der Waals surface area (Å²) in [6, 6.07) is 12.3. The number of ether oxygens (including phenoxy) is 2. The Bertz CT molecular complexity index is 791. The Morgan fingerprint density at radius 2 is 1.88 bits per heavy atom. The van der Waals surface area contributed by atoms with Gasteiger partial charge in [-0.15, -0.1) is 0 Å². The first kappa shape index (κ1) is 19.8. The van der Waals surface area contributed by atoms with Crippen LogP contribution in [0.1, 0.15) is 36.7 Å². The second kappa shape index (κ2) is 9.25. The molecule has 6 heteroatoms. The van der Waals surface area contributed by atoms with E-state index >= 15 is 0 Å². The Morgan fingerprint density at radius 1 is 1.15 bits per heavy atom. The van der Waals surface area contributed by atoms with Crippen LogP contribution in [0, 0.1) is 0 Å². The number of anilines is 1. The van der Waals surface area contributed by atoms with Crippen LogP contribution in [0.3, 0.4) is 0 Å². The Labute approximate surface area is 158 Å². The molecule has 0 fully saturated rings. The molecule has 0 saturated carbocycles. The van der Waals surface area contributed by atoms with Gasteiger partial charge in [-0.3, -0.25) is 4.79 Å². The maximum Gasteiger partial charge on any atom is 0.339 e. The van der Waals surface area contributed by atoms with Crippen molar-refractivity contribution in [1.29, 1.82) is 0 Å². The quantitative estimate of drug-likeness (QED) is 0.724. The van der Waals surface area contributed by atoms with Crippen molar-refractivity contribution < 1.29 is 19.1 Å². The van der Waals surface area contributed by atoms with Gasteiger partial charge in [-0.2, -0.15) is 0 Å². The van der Waals surface area contributed by atoms with Crippen LogP contribution < -0.4 is 10.1 Å². The summed E-state index contributed by atoms with van der Waals surface area (Å²) >= 11 is 6.03. The first-order valence-electron chi connectivity index (χ1n) is 8.48. The molecule has 1 N–H and O–H groups in total. The lowest BCUT2D eigenvalue weighted by Crippen LogP contribution is -2.30. The fourth-order valence-corrected chi connectivity index (χ4v) is 2.56. The number of halogens is 1. The summed E-state index contributed by atoms with van der Waals surface area (Å²) in [5.41, 5.74) is 1.68. The summed E-state index contributed by atoms with van der Waals surface area (Å²) < 4.78 is 10.7. The monoisotopic (exact) mass is 375 g/mol. The molecule has 0 aliphatic rings. The molecule has 0 saturated heterocycles. The van der Waals surface area contributed by atoms with Gasteiger partial charge in [-0.1, -0.05) is 36.7 Å². The summed E-state index contributed by atoms with van der Waals surface area (Å²) in [6.07, 6.45) is 0.106. The number of amides is 1. The maximum absolute atomic E-state index is 12.4. The third-order valence-electron chi connectivity index (χ3n) is 3.76. The molecule has 0 aliphatic heterocycles. The predicted octanol–water partition coefficient (Wildman–Crippen LogP) is 4.49. The van der Waals surface area contributed by atoms with Crippen molar-refractivity contribution in [1.82, 2.24) is 0 Å². The van der Waals surface area contributed by atoms with Crippen LogP contribution in [0.25, 0.3) is 0 Å². The minimum atomic E-state index is -0.704. The van der Waals surface area contributed by atoms with Gasteiger partial charge in [-0.05, 0) is 50.1 Å². The number of carbonyl (C=O) groups is 2. The van der Waals surface area contributed by atoms with Crippen molar-refractivity contribution in [2.45, 2.75) is 33.3 Å². The molecule has 5 nitrogen and oxygen atoms in total. The van der Waals surface area contributed by atoms with E-state index in [9.17, 15) is 9.59 Å². The maximum atomic E-state index is 12.4. The highest BCUT2D eigenvalue weighted by Crippen LogP contribution is 2.23. The smallest absolute Gasteiger partial charge is 0.339 e. The van der Waals surface area contributed by atoms with Crippen molar-refractivity contribution in [3.8, 4) is 5.75 Å². The topological polar surface area (TPSA) is 64.6 Å². The summed E-state index contributed by atoms with van der Waals surface area (Å²) in [5.74, 6) is -0.177. The molecule has 2 aromatic carbocycles. The standard InChI is InChI=1S/C20H22ClNO4/c1-4-14-8-6-7-9-18(14)26-13(3)19(23)22-15-10-11-17(21)16(12-15)20(24)25-5-2/h6-13H,4-5H2,1-3H3,(H,22,23). The number of hydrogen-bond acceptors (Lipinski definition) is 4.